The predicted molar refractivity (Wildman–Crippen MR) is 75.6 cm³/mol. The third-order valence-corrected chi connectivity index (χ3v) is 3.08. The van der Waals surface area contributed by atoms with Gasteiger partial charge in [-0.3, -0.25) is 4.79 Å². The molecule has 1 unspecified atom stereocenters. The molecule has 100 valence electrons. The zero-order valence-corrected chi connectivity index (χ0v) is 12.8. The average molecular weight is 315 g/mol. The molecule has 1 N–H and O–H groups in total. The van der Waals surface area contributed by atoms with Crippen molar-refractivity contribution in [1.82, 2.24) is 15.3 Å². The minimum atomic E-state index is -0.0844. The summed E-state index contributed by atoms with van der Waals surface area (Å²) < 4.78 is 0.767. The molecule has 1 aromatic rings. The fourth-order valence-corrected chi connectivity index (χ4v) is 2.05. The van der Waals surface area contributed by atoms with E-state index in [4.69, 9.17) is 0 Å². The predicted octanol–water partition coefficient (Wildman–Crippen LogP) is 1.62. The summed E-state index contributed by atoms with van der Waals surface area (Å²) in [6.07, 6.45) is 0.783. The molecule has 18 heavy (non-hydrogen) atoms. The van der Waals surface area contributed by atoms with E-state index in [1.807, 2.05) is 31.9 Å². The lowest BCUT2D eigenvalue weighted by Crippen LogP contribution is -2.34. The number of halogens is 1. The minimum Gasteiger partial charge on any atom is -0.359 e. The molecule has 0 saturated heterocycles. The fourth-order valence-electron chi connectivity index (χ4n) is 1.64. The maximum atomic E-state index is 11.5. The van der Waals surface area contributed by atoms with E-state index < -0.39 is 0 Å². The van der Waals surface area contributed by atoms with Crippen molar-refractivity contribution in [3.63, 3.8) is 0 Å². The summed E-state index contributed by atoms with van der Waals surface area (Å²) in [4.78, 5) is 22.2. The molecule has 1 rings (SSSR count). The van der Waals surface area contributed by atoms with Crippen LogP contribution in [0.4, 0.5) is 5.82 Å². The SMILES string of the molecule is CCc1nc(Br)cc(N(C)CC(C)C(=O)NC)n1. The van der Waals surface area contributed by atoms with Gasteiger partial charge >= 0.3 is 0 Å². The van der Waals surface area contributed by atoms with Gasteiger partial charge in [-0.1, -0.05) is 13.8 Å². The highest BCUT2D eigenvalue weighted by Gasteiger charge is 2.15. The number of hydrogen-bond acceptors (Lipinski definition) is 4. The summed E-state index contributed by atoms with van der Waals surface area (Å²) >= 11 is 3.37. The molecule has 6 heteroatoms. The summed E-state index contributed by atoms with van der Waals surface area (Å²) in [6, 6.07) is 1.86. The fraction of sp³-hybridized carbons (Fsp3) is 0.583. The van der Waals surface area contributed by atoms with Crippen molar-refractivity contribution >= 4 is 27.7 Å². The van der Waals surface area contributed by atoms with E-state index in [-0.39, 0.29) is 11.8 Å². The van der Waals surface area contributed by atoms with Crippen LogP contribution in [0, 0.1) is 5.92 Å². The minimum absolute atomic E-state index is 0.0330. The lowest BCUT2D eigenvalue weighted by atomic mass is 10.1. The number of anilines is 1. The van der Waals surface area contributed by atoms with Crippen LogP contribution in [0.2, 0.25) is 0 Å². The second-order valence-corrected chi connectivity index (χ2v) is 5.03. The van der Waals surface area contributed by atoms with Gasteiger partial charge in [0.05, 0.1) is 5.92 Å². The smallest absolute Gasteiger partial charge is 0.224 e. The van der Waals surface area contributed by atoms with Gasteiger partial charge in [-0.25, -0.2) is 9.97 Å². The molecule has 0 aliphatic heterocycles. The van der Waals surface area contributed by atoms with Crippen LogP contribution in [0.25, 0.3) is 0 Å². The van der Waals surface area contributed by atoms with Crippen molar-refractivity contribution in [3.05, 3.63) is 16.5 Å². The largest absolute Gasteiger partial charge is 0.359 e. The first kappa shape index (κ1) is 14.9. The van der Waals surface area contributed by atoms with Crippen LogP contribution in [-0.4, -0.2) is 36.5 Å². The zero-order chi connectivity index (χ0) is 13.7. The molecule has 1 amide bonds. The Morgan fingerprint density at radius 3 is 2.78 bits per heavy atom. The summed E-state index contributed by atoms with van der Waals surface area (Å²) in [6.45, 7) is 4.53. The average Bonchev–Trinajstić information content (AvgIpc) is 2.36. The highest BCUT2D eigenvalue weighted by molar-refractivity contribution is 9.10. The molecule has 1 aromatic heterocycles. The summed E-state index contributed by atoms with van der Waals surface area (Å²) in [5, 5.41) is 2.65. The van der Waals surface area contributed by atoms with Gasteiger partial charge in [-0.15, -0.1) is 0 Å². The molecule has 0 radical (unpaired) electrons. The number of nitrogens with zero attached hydrogens (tertiary/aromatic N) is 3. The molecule has 0 aliphatic carbocycles. The van der Waals surface area contributed by atoms with Crippen molar-refractivity contribution in [2.45, 2.75) is 20.3 Å². The normalized spacial score (nSPS) is 12.1. The first-order valence-corrected chi connectivity index (χ1v) is 6.73. The summed E-state index contributed by atoms with van der Waals surface area (Å²) in [5.41, 5.74) is 0. The number of hydrogen-bond donors (Lipinski definition) is 1. The number of carbonyl (C=O) groups is 1. The van der Waals surface area contributed by atoms with Crippen LogP contribution in [0.5, 0.6) is 0 Å². The van der Waals surface area contributed by atoms with Gasteiger partial charge in [0, 0.05) is 33.1 Å². The number of carbonyl (C=O) groups excluding carboxylic acids is 1. The van der Waals surface area contributed by atoms with E-state index in [1.165, 1.54) is 0 Å². The summed E-state index contributed by atoms with van der Waals surface area (Å²) in [7, 11) is 3.57. The molecule has 1 atom stereocenters. The van der Waals surface area contributed by atoms with E-state index in [0.29, 0.717) is 6.54 Å². The maximum absolute atomic E-state index is 11.5. The second kappa shape index (κ2) is 6.68. The van der Waals surface area contributed by atoms with Crippen molar-refractivity contribution in [1.29, 1.82) is 0 Å². The van der Waals surface area contributed by atoms with Gasteiger partial charge in [0.25, 0.3) is 0 Å². The van der Waals surface area contributed by atoms with Gasteiger partial charge in [-0.2, -0.15) is 0 Å². The molecule has 0 saturated carbocycles. The monoisotopic (exact) mass is 314 g/mol. The van der Waals surface area contributed by atoms with E-state index in [1.54, 1.807) is 7.05 Å². The highest BCUT2D eigenvalue weighted by Crippen LogP contribution is 2.16. The topological polar surface area (TPSA) is 58.1 Å². The third kappa shape index (κ3) is 3.94. The quantitative estimate of drug-likeness (QED) is 0.839. The number of aromatic nitrogens is 2. The molecule has 1 heterocycles. The van der Waals surface area contributed by atoms with E-state index in [0.717, 1.165) is 22.7 Å². The standard InChI is InChI=1S/C12H19BrN4O/c1-5-10-15-9(13)6-11(16-10)17(4)7-8(2)12(18)14-3/h6,8H,5,7H2,1-4H3,(H,14,18). The Kier molecular flexibility index (Phi) is 5.53. The van der Waals surface area contributed by atoms with Crippen LogP contribution in [0.3, 0.4) is 0 Å². The molecule has 0 aromatic carbocycles. The zero-order valence-electron chi connectivity index (χ0n) is 11.2. The van der Waals surface area contributed by atoms with Crippen LogP contribution < -0.4 is 10.2 Å². The van der Waals surface area contributed by atoms with E-state index >= 15 is 0 Å². The van der Waals surface area contributed by atoms with Crippen LogP contribution in [0.1, 0.15) is 19.7 Å². The van der Waals surface area contributed by atoms with Crippen LogP contribution in [0.15, 0.2) is 10.7 Å². The van der Waals surface area contributed by atoms with Gasteiger partial charge in [0.15, 0.2) is 0 Å². The van der Waals surface area contributed by atoms with E-state index in [9.17, 15) is 4.79 Å². The molecule has 0 spiro atoms. The van der Waals surface area contributed by atoms with Crippen molar-refractivity contribution in [3.8, 4) is 0 Å². The van der Waals surface area contributed by atoms with Crippen LogP contribution >= 0.6 is 15.9 Å². The number of amides is 1. The number of aryl methyl sites for hydroxylation is 1. The molecular weight excluding hydrogens is 296 g/mol. The van der Waals surface area contributed by atoms with Gasteiger partial charge in [-0.05, 0) is 15.9 Å². The first-order chi connectivity index (χ1) is 8.47. The third-order valence-electron chi connectivity index (χ3n) is 2.68. The molecule has 5 nitrogen and oxygen atoms in total. The highest BCUT2D eigenvalue weighted by atomic mass is 79.9. The van der Waals surface area contributed by atoms with Gasteiger partial charge in [0.1, 0.15) is 16.2 Å². The van der Waals surface area contributed by atoms with Gasteiger partial charge < -0.3 is 10.2 Å². The number of rotatable bonds is 5. The second-order valence-electron chi connectivity index (χ2n) is 4.21. The van der Waals surface area contributed by atoms with Gasteiger partial charge in [0.2, 0.25) is 5.91 Å². The first-order valence-electron chi connectivity index (χ1n) is 5.94. The Labute approximate surface area is 116 Å². The van der Waals surface area contributed by atoms with Crippen LogP contribution in [-0.2, 0) is 11.2 Å². The molecular formula is C12H19BrN4O. The Bertz CT molecular complexity index is 425. The lowest BCUT2D eigenvalue weighted by Gasteiger charge is -2.22. The molecule has 0 bridgehead atoms. The van der Waals surface area contributed by atoms with Crippen molar-refractivity contribution in [2.24, 2.45) is 5.92 Å². The Morgan fingerprint density at radius 1 is 1.56 bits per heavy atom. The maximum Gasteiger partial charge on any atom is 0.224 e. The summed E-state index contributed by atoms with van der Waals surface area (Å²) in [5.74, 6) is 1.56. The van der Waals surface area contributed by atoms with E-state index in [2.05, 4.69) is 31.2 Å². The Balaban J connectivity index is 2.80. The van der Waals surface area contributed by atoms with Crippen molar-refractivity contribution in [2.75, 3.05) is 25.5 Å². The Hall–Kier alpha value is -1.17. The Morgan fingerprint density at radius 2 is 2.22 bits per heavy atom. The molecule has 0 fully saturated rings. The molecule has 0 aliphatic rings. The lowest BCUT2D eigenvalue weighted by molar-refractivity contribution is -0.123. The van der Waals surface area contributed by atoms with Crippen molar-refractivity contribution < 1.29 is 4.79 Å². The number of nitrogens with one attached hydrogen (secondary N) is 1.